The summed E-state index contributed by atoms with van der Waals surface area (Å²) in [6.07, 6.45) is 5.42. The minimum Gasteiger partial charge on any atom is -0.383 e. The molecule has 1 aromatic carbocycles. The third-order valence-corrected chi connectivity index (χ3v) is 3.54. The van der Waals surface area contributed by atoms with Gasteiger partial charge in [-0.1, -0.05) is 0 Å². The van der Waals surface area contributed by atoms with Crippen LogP contribution in [0.4, 0.5) is 10.1 Å². The molecule has 0 aliphatic carbocycles. The van der Waals surface area contributed by atoms with Gasteiger partial charge >= 0.3 is 0 Å². The molecule has 0 fully saturated rings. The van der Waals surface area contributed by atoms with Crippen LogP contribution >= 0.6 is 0 Å². The highest BCUT2D eigenvalue weighted by Crippen LogP contribution is 2.21. The smallest absolute Gasteiger partial charge is 0.279 e. The Morgan fingerprint density at radius 1 is 1.56 bits per heavy atom. The van der Waals surface area contributed by atoms with Crippen molar-refractivity contribution in [2.45, 2.75) is 12.5 Å². The Balaban J connectivity index is 2.03. The summed E-state index contributed by atoms with van der Waals surface area (Å²) in [4.78, 5) is 22.0. The van der Waals surface area contributed by atoms with Gasteiger partial charge in [-0.25, -0.2) is 4.39 Å². The fourth-order valence-electron chi connectivity index (χ4n) is 2.10. The second kappa shape index (κ2) is 7.22. The fourth-order valence-corrected chi connectivity index (χ4v) is 2.10. The number of aliphatic hydroxyl groups is 1. The molecular formula is C16H17FN4O4. The Morgan fingerprint density at radius 2 is 2.28 bits per heavy atom. The number of benzene rings is 1. The first-order valence-corrected chi connectivity index (χ1v) is 7.30. The number of carbonyl (C=O) groups is 1. The molecule has 25 heavy (non-hydrogen) atoms. The van der Waals surface area contributed by atoms with E-state index in [9.17, 15) is 24.4 Å². The Labute approximate surface area is 142 Å². The molecule has 2 N–H and O–H groups in total. The number of hydrogen-bond acceptors (Lipinski definition) is 5. The molecule has 0 aliphatic rings. The Kier molecular flexibility index (Phi) is 5.28. The number of aryl methyl sites for hydroxylation is 1. The SMILES string of the molecule is Cn1cc(C(C)(O)CNC(=O)C=Cc2ccc(F)cc2[N+](=O)[O-])cn1. The lowest BCUT2D eigenvalue weighted by Gasteiger charge is -2.21. The lowest BCUT2D eigenvalue weighted by Crippen LogP contribution is -2.37. The van der Waals surface area contributed by atoms with E-state index in [0.29, 0.717) is 5.56 Å². The zero-order valence-corrected chi connectivity index (χ0v) is 13.6. The summed E-state index contributed by atoms with van der Waals surface area (Å²) in [6, 6.07) is 3.06. The molecule has 132 valence electrons. The van der Waals surface area contributed by atoms with Crippen molar-refractivity contribution in [2.24, 2.45) is 7.05 Å². The molecule has 0 bridgehead atoms. The molecule has 1 amide bonds. The molecule has 0 spiro atoms. The molecule has 1 atom stereocenters. The maximum Gasteiger partial charge on any atom is 0.279 e. The van der Waals surface area contributed by atoms with Crippen LogP contribution in [0.5, 0.6) is 0 Å². The van der Waals surface area contributed by atoms with Crippen LogP contribution in [0.25, 0.3) is 6.08 Å². The van der Waals surface area contributed by atoms with Crippen molar-refractivity contribution in [3.8, 4) is 0 Å². The number of nitro benzene ring substituents is 1. The van der Waals surface area contributed by atoms with Crippen molar-refractivity contribution in [1.29, 1.82) is 0 Å². The van der Waals surface area contributed by atoms with Gasteiger partial charge in [0.25, 0.3) is 5.69 Å². The van der Waals surface area contributed by atoms with Crippen molar-refractivity contribution in [3.63, 3.8) is 0 Å². The average Bonchev–Trinajstić information content (AvgIpc) is 2.99. The number of nitro groups is 1. The van der Waals surface area contributed by atoms with Crippen molar-refractivity contribution in [3.05, 3.63) is 63.7 Å². The average molecular weight is 348 g/mol. The first kappa shape index (κ1) is 18.3. The monoisotopic (exact) mass is 348 g/mol. The summed E-state index contributed by atoms with van der Waals surface area (Å²) >= 11 is 0. The van der Waals surface area contributed by atoms with Gasteiger partial charge in [0.05, 0.1) is 29.3 Å². The molecule has 1 heterocycles. The first-order chi connectivity index (χ1) is 11.7. The van der Waals surface area contributed by atoms with E-state index in [2.05, 4.69) is 10.4 Å². The molecule has 0 saturated heterocycles. The molecule has 8 nitrogen and oxygen atoms in total. The summed E-state index contributed by atoms with van der Waals surface area (Å²) in [5, 5.41) is 27.7. The van der Waals surface area contributed by atoms with E-state index in [4.69, 9.17) is 0 Å². The predicted octanol–water partition coefficient (Wildman–Crippen LogP) is 1.50. The zero-order valence-electron chi connectivity index (χ0n) is 13.6. The maximum absolute atomic E-state index is 13.1. The topological polar surface area (TPSA) is 110 Å². The minimum absolute atomic E-state index is 0.0760. The van der Waals surface area contributed by atoms with E-state index < -0.39 is 27.9 Å². The van der Waals surface area contributed by atoms with Crippen LogP contribution in [-0.4, -0.2) is 32.3 Å². The Morgan fingerprint density at radius 3 is 2.88 bits per heavy atom. The summed E-state index contributed by atoms with van der Waals surface area (Å²) in [5.41, 5.74) is -1.12. The van der Waals surface area contributed by atoms with Crippen molar-refractivity contribution >= 4 is 17.7 Å². The van der Waals surface area contributed by atoms with Crippen LogP contribution in [0.3, 0.4) is 0 Å². The van der Waals surface area contributed by atoms with E-state index in [-0.39, 0.29) is 12.1 Å². The van der Waals surface area contributed by atoms with E-state index in [1.54, 1.807) is 13.2 Å². The van der Waals surface area contributed by atoms with E-state index >= 15 is 0 Å². The molecule has 0 radical (unpaired) electrons. The fraction of sp³-hybridized carbons (Fsp3) is 0.250. The van der Waals surface area contributed by atoms with E-state index in [1.807, 2.05) is 0 Å². The van der Waals surface area contributed by atoms with Gasteiger partial charge in [-0.05, 0) is 25.1 Å². The molecule has 0 aliphatic heterocycles. The maximum atomic E-state index is 13.1. The standard InChI is InChI=1S/C16H17FN4O4/c1-16(23,12-8-19-20(2)9-12)10-18-15(22)6-4-11-3-5-13(17)7-14(11)21(24)25/h3-9,23H,10H2,1-2H3,(H,18,22). The van der Waals surface area contributed by atoms with Gasteiger partial charge in [0.1, 0.15) is 11.4 Å². The second-order valence-corrected chi connectivity index (χ2v) is 5.69. The van der Waals surface area contributed by atoms with Gasteiger partial charge in [-0.2, -0.15) is 5.10 Å². The zero-order chi connectivity index (χ0) is 18.6. The van der Waals surface area contributed by atoms with Crippen LogP contribution in [0.15, 0.2) is 36.7 Å². The Hall–Kier alpha value is -3.07. The predicted molar refractivity (Wildman–Crippen MR) is 87.9 cm³/mol. The molecule has 2 rings (SSSR count). The molecular weight excluding hydrogens is 331 g/mol. The third-order valence-electron chi connectivity index (χ3n) is 3.54. The summed E-state index contributed by atoms with van der Waals surface area (Å²) < 4.78 is 14.6. The number of nitrogens with zero attached hydrogens (tertiary/aromatic N) is 3. The quantitative estimate of drug-likeness (QED) is 0.467. The van der Waals surface area contributed by atoms with Gasteiger partial charge in [0.15, 0.2) is 0 Å². The summed E-state index contributed by atoms with van der Waals surface area (Å²) in [5.74, 6) is -1.29. The Bertz CT molecular complexity index is 829. The van der Waals surface area contributed by atoms with E-state index in [1.165, 1.54) is 29.9 Å². The molecule has 1 unspecified atom stereocenters. The summed E-state index contributed by atoms with van der Waals surface area (Å²) in [6.45, 7) is 1.45. The van der Waals surface area contributed by atoms with Crippen molar-refractivity contribution in [1.82, 2.24) is 15.1 Å². The van der Waals surface area contributed by atoms with Crippen molar-refractivity contribution < 1.29 is 19.2 Å². The minimum atomic E-state index is -1.32. The lowest BCUT2D eigenvalue weighted by atomic mass is 10.00. The number of amides is 1. The van der Waals surface area contributed by atoms with Gasteiger partial charge in [-0.3, -0.25) is 19.6 Å². The molecule has 1 aromatic heterocycles. The highest BCUT2D eigenvalue weighted by molar-refractivity contribution is 5.92. The van der Waals surface area contributed by atoms with Gasteiger partial charge in [0.2, 0.25) is 5.91 Å². The number of nitrogens with one attached hydrogen (secondary N) is 1. The van der Waals surface area contributed by atoms with Crippen LogP contribution < -0.4 is 5.32 Å². The summed E-state index contributed by atoms with van der Waals surface area (Å²) in [7, 11) is 1.70. The van der Waals surface area contributed by atoms with Crippen LogP contribution in [0.1, 0.15) is 18.1 Å². The number of rotatable bonds is 6. The molecule has 2 aromatic rings. The third kappa shape index (κ3) is 4.70. The molecule has 0 saturated carbocycles. The molecule has 9 heteroatoms. The number of halogens is 1. The number of hydrogen-bond donors (Lipinski definition) is 2. The number of aromatic nitrogens is 2. The van der Waals surface area contributed by atoms with Gasteiger partial charge in [-0.15, -0.1) is 0 Å². The highest BCUT2D eigenvalue weighted by Gasteiger charge is 2.25. The van der Waals surface area contributed by atoms with Gasteiger partial charge in [0, 0.05) is 24.9 Å². The van der Waals surface area contributed by atoms with Crippen molar-refractivity contribution in [2.75, 3.05) is 6.54 Å². The first-order valence-electron chi connectivity index (χ1n) is 7.30. The normalized spacial score (nSPS) is 13.6. The van der Waals surface area contributed by atoms with E-state index in [0.717, 1.165) is 18.2 Å². The van der Waals surface area contributed by atoms with Crippen LogP contribution in [-0.2, 0) is 17.4 Å². The van der Waals surface area contributed by atoms with Gasteiger partial charge < -0.3 is 10.4 Å². The lowest BCUT2D eigenvalue weighted by molar-refractivity contribution is -0.385. The van der Waals surface area contributed by atoms with Crippen LogP contribution in [0, 0.1) is 15.9 Å². The highest BCUT2D eigenvalue weighted by atomic mass is 19.1. The second-order valence-electron chi connectivity index (χ2n) is 5.69. The largest absolute Gasteiger partial charge is 0.383 e. The number of carbonyl (C=O) groups excluding carboxylic acids is 1. The van der Waals surface area contributed by atoms with Crippen LogP contribution in [0.2, 0.25) is 0 Å².